The summed E-state index contributed by atoms with van der Waals surface area (Å²) >= 11 is 0. The monoisotopic (exact) mass is 701 g/mol. The van der Waals surface area contributed by atoms with Crippen molar-refractivity contribution < 1.29 is 48.9 Å². The molecule has 19 nitrogen and oxygen atoms in total. The van der Waals surface area contributed by atoms with Crippen molar-refractivity contribution in [2.75, 3.05) is 13.2 Å². The van der Waals surface area contributed by atoms with Gasteiger partial charge in [-0.15, -0.1) is 0 Å². The van der Waals surface area contributed by atoms with Crippen LogP contribution >= 0.6 is 0 Å². The van der Waals surface area contributed by atoms with Gasteiger partial charge in [0, 0.05) is 13.5 Å². The van der Waals surface area contributed by atoms with Crippen molar-refractivity contribution in [3.63, 3.8) is 0 Å². The first-order valence-electron chi connectivity index (χ1n) is 16.0. The SMILES string of the molecule is CC(=O)NC(CO)C(=O)NC(C(=O)NC(C(=O)NC(C(=O)NC(CCCN=C(N)N)C(=O)NC(C(=O)O)C(C)O)C(C)C)C(C)C)C(C)C. The third-order valence-electron chi connectivity index (χ3n) is 7.24. The third kappa shape index (κ3) is 16.0. The summed E-state index contributed by atoms with van der Waals surface area (Å²) in [6.07, 6.45) is -1.30. The van der Waals surface area contributed by atoms with Gasteiger partial charge in [-0.1, -0.05) is 41.5 Å². The number of aliphatic carboxylic acids is 1. The predicted octanol–water partition coefficient (Wildman–Crippen LogP) is -3.61. The topological polar surface area (TPSA) is 317 Å². The Kier molecular flexibility index (Phi) is 19.5. The Bertz CT molecular complexity index is 1190. The lowest BCUT2D eigenvalue weighted by atomic mass is 9.97. The number of nitrogens with one attached hydrogen (secondary N) is 6. The number of hydrogen-bond acceptors (Lipinski definition) is 10. The molecule has 280 valence electrons. The summed E-state index contributed by atoms with van der Waals surface area (Å²) in [4.78, 5) is 92.9. The first-order chi connectivity index (χ1) is 22.6. The summed E-state index contributed by atoms with van der Waals surface area (Å²) in [5.41, 5.74) is 10.7. The summed E-state index contributed by atoms with van der Waals surface area (Å²) in [6, 6.07) is -7.86. The first kappa shape index (κ1) is 44.5. The number of guanidine groups is 1. The molecule has 0 aliphatic rings. The molecule has 0 spiro atoms. The lowest BCUT2D eigenvalue weighted by Crippen LogP contribution is -2.62. The van der Waals surface area contributed by atoms with Crippen molar-refractivity contribution in [1.82, 2.24) is 31.9 Å². The Morgan fingerprint density at radius 1 is 0.612 bits per heavy atom. The largest absolute Gasteiger partial charge is 0.480 e. The van der Waals surface area contributed by atoms with Crippen LogP contribution in [0.2, 0.25) is 0 Å². The molecule has 7 unspecified atom stereocenters. The van der Waals surface area contributed by atoms with E-state index in [0.717, 1.165) is 6.92 Å². The second kappa shape index (κ2) is 21.5. The number of carboxylic acid groups (broad SMARTS) is 1. The smallest absolute Gasteiger partial charge is 0.328 e. The highest BCUT2D eigenvalue weighted by Gasteiger charge is 2.36. The number of aliphatic hydroxyl groups is 2. The maximum Gasteiger partial charge on any atom is 0.328 e. The van der Waals surface area contributed by atoms with Gasteiger partial charge in [0.1, 0.15) is 30.2 Å². The minimum atomic E-state index is -1.67. The molecule has 0 saturated heterocycles. The van der Waals surface area contributed by atoms with Gasteiger partial charge in [0.05, 0.1) is 12.7 Å². The number of carbonyl (C=O) groups excluding carboxylic acids is 6. The lowest BCUT2D eigenvalue weighted by Gasteiger charge is -2.30. The van der Waals surface area contributed by atoms with Crippen molar-refractivity contribution >= 4 is 47.4 Å². The zero-order valence-electron chi connectivity index (χ0n) is 29.4. The van der Waals surface area contributed by atoms with E-state index in [1.54, 1.807) is 41.5 Å². The Hall–Kier alpha value is -4.52. The molecule has 0 heterocycles. The van der Waals surface area contributed by atoms with Crippen LogP contribution in [0, 0.1) is 17.8 Å². The van der Waals surface area contributed by atoms with Crippen LogP contribution in [0.15, 0.2) is 4.99 Å². The second-order valence-electron chi connectivity index (χ2n) is 12.7. The maximum atomic E-state index is 13.5. The minimum absolute atomic E-state index is 0.0364. The Balaban J connectivity index is 6.05. The van der Waals surface area contributed by atoms with Gasteiger partial charge in [-0.3, -0.25) is 33.8 Å². The van der Waals surface area contributed by atoms with Gasteiger partial charge in [-0.2, -0.15) is 0 Å². The normalized spacial score (nSPS) is 15.4. The molecule has 0 aromatic heterocycles. The van der Waals surface area contributed by atoms with Crippen molar-refractivity contribution in [3.05, 3.63) is 0 Å². The molecule has 7 atom stereocenters. The number of amides is 6. The van der Waals surface area contributed by atoms with Gasteiger partial charge in [0.15, 0.2) is 12.0 Å². The number of carboxylic acids is 1. The fraction of sp³-hybridized carbons (Fsp3) is 0.733. The molecule has 6 amide bonds. The van der Waals surface area contributed by atoms with E-state index in [4.69, 9.17) is 11.5 Å². The molecule has 0 saturated carbocycles. The maximum absolute atomic E-state index is 13.5. The van der Waals surface area contributed by atoms with Crippen LogP contribution in [-0.2, 0) is 33.6 Å². The van der Waals surface area contributed by atoms with Gasteiger partial charge < -0.3 is 58.7 Å². The molecule has 0 aromatic rings. The molecule has 0 aliphatic carbocycles. The minimum Gasteiger partial charge on any atom is -0.480 e. The average molecular weight is 702 g/mol. The highest BCUT2D eigenvalue weighted by atomic mass is 16.4. The molecule has 19 heteroatoms. The van der Waals surface area contributed by atoms with Crippen LogP contribution in [0.3, 0.4) is 0 Å². The van der Waals surface area contributed by atoms with E-state index < -0.39 is 108 Å². The molecule has 0 rings (SSSR count). The van der Waals surface area contributed by atoms with Crippen LogP contribution in [0.5, 0.6) is 0 Å². The van der Waals surface area contributed by atoms with Crippen LogP contribution in [0.25, 0.3) is 0 Å². The number of aliphatic hydroxyl groups excluding tert-OH is 2. The van der Waals surface area contributed by atoms with E-state index in [1.807, 2.05) is 0 Å². The van der Waals surface area contributed by atoms with Crippen molar-refractivity contribution in [3.8, 4) is 0 Å². The lowest BCUT2D eigenvalue weighted by molar-refractivity contribution is -0.145. The summed E-state index contributed by atoms with van der Waals surface area (Å²) < 4.78 is 0. The van der Waals surface area contributed by atoms with Crippen molar-refractivity contribution in [1.29, 1.82) is 0 Å². The average Bonchev–Trinajstić information content (AvgIpc) is 2.98. The van der Waals surface area contributed by atoms with Gasteiger partial charge in [0.25, 0.3) is 0 Å². The van der Waals surface area contributed by atoms with Gasteiger partial charge >= 0.3 is 5.97 Å². The third-order valence-corrected chi connectivity index (χ3v) is 7.24. The summed E-state index contributed by atoms with van der Waals surface area (Å²) in [6.45, 7) is 11.6. The molecule has 49 heavy (non-hydrogen) atoms. The summed E-state index contributed by atoms with van der Waals surface area (Å²) in [5.74, 6) is -7.75. The van der Waals surface area contributed by atoms with E-state index >= 15 is 0 Å². The summed E-state index contributed by atoms with van der Waals surface area (Å²) in [7, 11) is 0. The standard InChI is InChI=1S/C30H55N9O10/c1-13(2)20(26(45)35-18(10-9-11-33-30(31)32)24(43)39-23(16(7)41)29(48)49)37-28(47)22(15(5)6)38-27(46)21(14(3)4)36-25(44)19(12-40)34-17(8)42/h13-16,18-23,40-41H,9-12H2,1-8H3,(H,34,42)(H,35,45)(H,36,44)(H,37,47)(H,38,46)(H,39,43)(H,48,49)(H4,31,32,33). The van der Waals surface area contributed by atoms with Crippen LogP contribution in [-0.4, -0.2) is 118 Å². The highest BCUT2D eigenvalue weighted by Crippen LogP contribution is 2.11. The number of rotatable bonds is 21. The van der Waals surface area contributed by atoms with Crippen molar-refractivity contribution in [2.24, 2.45) is 34.2 Å². The van der Waals surface area contributed by atoms with Crippen LogP contribution in [0.4, 0.5) is 0 Å². The van der Waals surface area contributed by atoms with Gasteiger partial charge in [-0.05, 0) is 37.5 Å². The Labute approximate surface area is 286 Å². The summed E-state index contributed by atoms with van der Waals surface area (Å²) in [5, 5.41) is 43.4. The zero-order valence-corrected chi connectivity index (χ0v) is 29.4. The Morgan fingerprint density at radius 3 is 1.35 bits per heavy atom. The molecule has 0 fully saturated rings. The molecule has 0 aromatic carbocycles. The number of nitrogens with zero attached hydrogens (tertiary/aromatic N) is 1. The highest BCUT2D eigenvalue weighted by molar-refractivity contribution is 5.97. The van der Waals surface area contributed by atoms with E-state index in [2.05, 4.69) is 36.9 Å². The van der Waals surface area contributed by atoms with E-state index in [-0.39, 0.29) is 25.3 Å². The molecule has 0 radical (unpaired) electrons. The Morgan fingerprint density at radius 2 is 1.00 bits per heavy atom. The van der Waals surface area contributed by atoms with Crippen molar-refractivity contribution in [2.45, 2.75) is 111 Å². The predicted molar refractivity (Wildman–Crippen MR) is 178 cm³/mol. The molecule has 13 N–H and O–H groups in total. The van der Waals surface area contributed by atoms with Crippen LogP contribution in [0.1, 0.15) is 68.2 Å². The first-order valence-corrected chi connectivity index (χ1v) is 16.0. The number of hydrogen-bond donors (Lipinski definition) is 11. The fourth-order valence-corrected chi connectivity index (χ4v) is 4.46. The molecule has 0 aliphatic heterocycles. The van der Waals surface area contributed by atoms with E-state index in [9.17, 15) is 48.9 Å². The molecular weight excluding hydrogens is 646 g/mol. The zero-order chi connectivity index (χ0) is 38.2. The van der Waals surface area contributed by atoms with Gasteiger partial charge in [-0.25, -0.2) is 4.79 Å². The number of aliphatic imine (C=N–C) groups is 1. The quantitative estimate of drug-likeness (QED) is 0.0314. The van der Waals surface area contributed by atoms with E-state index in [1.165, 1.54) is 6.92 Å². The molecule has 0 bridgehead atoms. The van der Waals surface area contributed by atoms with Gasteiger partial charge in [0.2, 0.25) is 35.4 Å². The number of carbonyl (C=O) groups is 7. The number of nitrogens with two attached hydrogens (primary N) is 2. The van der Waals surface area contributed by atoms with Crippen LogP contribution < -0.4 is 43.4 Å². The van der Waals surface area contributed by atoms with E-state index in [0.29, 0.717) is 0 Å². The molecular formula is C30H55N9O10. The second-order valence-corrected chi connectivity index (χ2v) is 12.7. The fourth-order valence-electron chi connectivity index (χ4n) is 4.46.